The van der Waals surface area contributed by atoms with Gasteiger partial charge in [-0.25, -0.2) is 9.78 Å². The third kappa shape index (κ3) is 2.71. The fraction of sp³-hybridized carbons (Fsp3) is 0.200. The summed E-state index contributed by atoms with van der Waals surface area (Å²) >= 11 is 0. The second-order valence-electron chi connectivity index (χ2n) is 4.39. The van der Waals surface area contributed by atoms with Gasteiger partial charge in [0.25, 0.3) is 0 Å². The highest BCUT2D eigenvalue weighted by atomic mass is 16.5. The predicted molar refractivity (Wildman–Crippen MR) is 77.0 cm³/mol. The van der Waals surface area contributed by atoms with Gasteiger partial charge in [-0.15, -0.1) is 0 Å². The molecule has 0 radical (unpaired) electrons. The number of para-hydroxylation sites is 2. The van der Waals surface area contributed by atoms with E-state index in [4.69, 9.17) is 9.84 Å². The van der Waals surface area contributed by atoms with E-state index in [0.717, 1.165) is 5.69 Å². The lowest BCUT2D eigenvalue weighted by Crippen LogP contribution is -2.14. The molecule has 1 aromatic carbocycles. The second-order valence-corrected chi connectivity index (χ2v) is 4.39. The van der Waals surface area contributed by atoms with Crippen LogP contribution in [0.1, 0.15) is 16.1 Å². The Morgan fingerprint density at radius 3 is 2.65 bits per heavy atom. The van der Waals surface area contributed by atoms with Crippen molar-refractivity contribution < 1.29 is 14.6 Å². The summed E-state index contributed by atoms with van der Waals surface area (Å²) in [5.74, 6) is 0.298. The highest BCUT2D eigenvalue weighted by molar-refractivity contribution is 5.89. The van der Waals surface area contributed by atoms with Gasteiger partial charge in [-0.1, -0.05) is 12.1 Å². The minimum atomic E-state index is -0.967. The number of hydrogen-bond acceptors (Lipinski definition) is 4. The number of carboxylic acid groups (broad SMARTS) is 1. The van der Waals surface area contributed by atoms with Crippen LogP contribution in [0, 0.1) is 6.92 Å². The van der Waals surface area contributed by atoms with Gasteiger partial charge in [0.2, 0.25) is 0 Å². The van der Waals surface area contributed by atoms with Crippen LogP contribution in [0.5, 0.6) is 5.75 Å². The molecule has 0 bridgehead atoms. The fourth-order valence-electron chi connectivity index (χ4n) is 1.98. The van der Waals surface area contributed by atoms with E-state index in [0.29, 0.717) is 17.3 Å². The molecule has 0 aliphatic heterocycles. The zero-order valence-electron chi connectivity index (χ0n) is 11.6. The molecule has 2 aromatic rings. The van der Waals surface area contributed by atoms with Crippen LogP contribution in [0.3, 0.4) is 0 Å². The molecule has 104 valence electrons. The van der Waals surface area contributed by atoms with Crippen LogP contribution < -0.4 is 9.64 Å². The molecule has 0 fully saturated rings. The van der Waals surface area contributed by atoms with Crippen LogP contribution in [-0.4, -0.2) is 30.2 Å². The van der Waals surface area contributed by atoms with E-state index >= 15 is 0 Å². The Morgan fingerprint density at radius 2 is 2.00 bits per heavy atom. The average molecular weight is 272 g/mol. The first-order valence-corrected chi connectivity index (χ1v) is 6.11. The number of rotatable bonds is 4. The van der Waals surface area contributed by atoms with E-state index in [2.05, 4.69) is 4.98 Å². The monoisotopic (exact) mass is 272 g/mol. The first kappa shape index (κ1) is 13.9. The van der Waals surface area contributed by atoms with Crippen molar-refractivity contribution in [1.29, 1.82) is 0 Å². The molecule has 0 atom stereocenters. The molecule has 0 amide bonds. The predicted octanol–water partition coefficient (Wildman–Crippen LogP) is 2.86. The zero-order valence-corrected chi connectivity index (χ0v) is 11.6. The van der Waals surface area contributed by atoms with Gasteiger partial charge in [-0.2, -0.15) is 0 Å². The maximum atomic E-state index is 11.1. The van der Waals surface area contributed by atoms with E-state index in [9.17, 15) is 4.79 Å². The molecule has 5 nitrogen and oxygen atoms in total. The number of hydrogen-bond donors (Lipinski definition) is 1. The topological polar surface area (TPSA) is 62.7 Å². The minimum Gasteiger partial charge on any atom is -0.495 e. The molecule has 20 heavy (non-hydrogen) atoms. The van der Waals surface area contributed by atoms with Gasteiger partial charge in [-0.05, 0) is 31.2 Å². The molecule has 1 heterocycles. The molecule has 2 rings (SSSR count). The number of nitrogens with zero attached hydrogens (tertiary/aromatic N) is 2. The van der Waals surface area contributed by atoms with Gasteiger partial charge in [0.05, 0.1) is 18.4 Å². The van der Waals surface area contributed by atoms with E-state index in [-0.39, 0.29) is 5.56 Å². The largest absolute Gasteiger partial charge is 0.495 e. The number of benzene rings is 1. The molecular weight excluding hydrogens is 256 g/mol. The summed E-state index contributed by atoms with van der Waals surface area (Å²) in [5, 5.41) is 9.12. The third-order valence-electron chi connectivity index (χ3n) is 2.98. The van der Waals surface area contributed by atoms with Crippen molar-refractivity contribution in [3.05, 3.63) is 47.7 Å². The summed E-state index contributed by atoms with van der Waals surface area (Å²) in [6.45, 7) is 1.77. The minimum absolute atomic E-state index is 0.217. The lowest BCUT2D eigenvalue weighted by molar-refractivity contribution is 0.0696. The Balaban J connectivity index is 2.47. The maximum Gasteiger partial charge on any atom is 0.335 e. The third-order valence-corrected chi connectivity index (χ3v) is 2.98. The van der Waals surface area contributed by atoms with E-state index in [1.807, 2.05) is 31.3 Å². The van der Waals surface area contributed by atoms with Crippen LogP contribution in [-0.2, 0) is 0 Å². The summed E-state index contributed by atoms with van der Waals surface area (Å²) in [7, 11) is 3.42. The standard InChI is InChI=1S/C15H16N2O3/c1-10-8-11(15(18)19)9-14(16-10)17(2)12-6-4-5-7-13(12)20-3/h4-9H,1-3H3,(H,18,19). The first-order chi connectivity index (χ1) is 9.52. The van der Waals surface area contributed by atoms with Gasteiger partial charge in [0.1, 0.15) is 11.6 Å². The number of methoxy groups -OCH3 is 1. The molecule has 0 unspecified atom stereocenters. The van der Waals surface area contributed by atoms with Crippen molar-refractivity contribution in [3.8, 4) is 5.75 Å². The molecule has 5 heteroatoms. The Bertz CT molecular complexity index is 641. The number of anilines is 2. The van der Waals surface area contributed by atoms with E-state index < -0.39 is 5.97 Å². The van der Waals surface area contributed by atoms with Gasteiger partial charge in [0.15, 0.2) is 0 Å². The van der Waals surface area contributed by atoms with Crippen molar-refractivity contribution in [2.24, 2.45) is 0 Å². The number of carbonyl (C=O) groups is 1. The number of aryl methyl sites for hydroxylation is 1. The summed E-state index contributed by atoms with van der Waals surface area (Å²) in [5.41, 5.74) is 1.69. The summed E-state index contributed by atoms with van der Waals surface area (Å²) in [4.78, 5) is 17.3. The smallest absolute Gasteiger partial charge is 0.335 e. The summed E-state index contributed by atoms with van der Waals surface area (Å²) in [6.07, 6.45) is 0. The van der Waals surface area contributed by atoms with Crippen LogP contribution in [0.2, 0.25) is 0 Å². The quantitative estimate of drug-likeness (QED) is 0.927. The normalized spacial score (nSPS) is 10.2. The average Bonchev–Trinajstić information content (AvgIpc) is 2.45. The Morgan fingerprint density at radius 1 is 1.30 bits per heavy atom. The van der Waals surface area contributed by atoms with E-state index in [1.54, 1.807) is 31.1 Å². The van der Waals surface area contributed by atoms with Gasteiger partial charge < -0.3 is 14.7 Å². The highest BCUT2D eigenvalue weighted by Crippen LogP contribution is 2.31. The van der Waals surface area contributed by atoms with Crippen LogP contribution in [0.4, 0.5) is 11.5 Å². The maximum absolute atomic E-state index is 11.1. The molecule has 0 saturated carbocycles. The Labute approximate surface area is 117 Å². The lowest BCUT2D eigenvalue weighted by atomic mass is 10.2. The number of ether oxygens (including phenoxy) is 1. The first-order valence-electron chi connectivity index (χ1n) is 6.11. The number of carboxylic acids is 1. The molecule has 0 spiro atoms. The summed E-state index contributed by atoms with van der Waals surface area (Å²) in [6, 6.07) is 10.6. The molecule has 1 aromatic heterocycles. The second kappa shape index (κ2) is 5.61. The number of pyridine rings is 1. The van der Waals surface area contributed by atoms with Crippen molar-refractivity contribution in [3.63, 3.8) is 0 Å². The molecular formula is C15H16N2O3. The number of aromatic carboxylic acids is 1. The van der Waals surface area contributed by atoms with Crippen molar-refractivity contribution in [2.75, 3.05) is 19.1 Å². The van der Waals surface area contributed by atoms with Gasteiger partial charge in [-0.3, -0.25) is 0 Å². The highest BCUT2D eigenvalue weighted by Gasteiger charge is 2.13. The van der Waals surface area contributed by atoms with Crippen LogP contribution >= 0.6 is 0 Å². The van der Waals surface area contributed by atoms with Gasteiger partial charge in [0, 0.05) is 12.7 Å². The number of aromatic nitrogens is 1. The van der Waals surface area contributed by atoms with Crippen molar-refractivity contribution in [2.45, 2.75) is 6.92 Å². The Kier molecular flexibility index (Phi) is 3.89. The van der Waals surface area contributed by atoms with Crippen LogP contribution in [0.15, 0.2) is 36.4 Å². The molecule has 0 saturated heterocycles. The molecule has 0 aliphatic rings. The lowest BCUT2D eigenvalue weighted by Gasteiger charge is -2.21. The fourth-order valence-corrected chi connectivity index (χ4v) is 1.98. The summed E-state index contributed by atoms with van der Waals surface area (Å²) < 4.78 is 5.31. The molecule has 1 N–H and O–H groups in total. The van der Waals surface area contributed by atoms with Crippen LogP contribution in [0.25, 0.3) is 0 Å². The van der Waals surface area contributed by atoms with Crippen molar-refractivity contribution >= 4 is 17.5 Å². The SMILES string of the molecule is COc1ccccc1N(C)c1cc(C(=O)O)cc(C)n1. The van der Waals surface area contributed by atoms with Gasteiger partial charge >= 0.3 is 5.97 Å². The van der Waals surface area contributed by atoms with Crippen molar-refractivity contribution in [1.82, 2.24) is 4.98 Å². The zero-order chi connectivity index (χ0) is 14.7. The van der Waals surface area contributed by atoms with E-state index in [1.165, 1.54) is 0 Å². The Hall–Kier alpha value is -2.56. The molecule has 0 aliphatic carbocycles.